The van der Waals surface area contributed by atoms with Crippen LogP contribution in [0, 0.1) is 12.2 Å². The summed E-state index contributed by atoms with van der Waals surface area (Å²) in [4.78, 5) is 0. The average molecular weight is 320 g/mol. The monoisotopic (exact) mass is 318 g/mol. The second-order valence-corrected chi connectivity index (χ2v) is 2.01. The molecule has 2 aliphatic rings. The van der Waals surface area contributed by atoms with Crippen LogP contribution in [0.1, 0.15) is 12.8 Å². The molecule has 0 aliphatic heterocycles. The van der Waals surface area contributed by atoms with E-state index in [2.05, 4.69) is 24.3 Å². The van der Waals surface area contributed by atoms with Crippen molar-refractivity contribution in [1.82, 2.24) is 0 Å². The zero-order valence-corrected chi connectivity index (χ0v) is 16.1. The van der Waals surface area contributed by atoms with E-state index in [1.54, 1.807) is 0 Å². The summed E-state index contributed by atoms with van der Waals surface area (Å²) in [5.74, 6) is 0. The van der Waals surface area contributed by atoms with Crippen LogP contribution in [0.4, 0.5) is 0 Å². The van der Waals surface area contributed by atoms with Gasteiger partial charge in [-0.1, -0.05) is 0 Å². The summed E-state index contributed by atoms with van der Waals surface area (Å²) in [6.45, 7) is 0. The molecule has 4 heteroatoms. The van der Waals surface area contributed by atoms with E-state index >= 15 is 0 Å². The first-order chi connectivity index (χ1) is 5.00. The summed E-state index contributed by atoms with van der Waals surface area (Å²) < 4.78 is 0. The van der Waals surface area contributed by atoms with Crippen molar-refractivity contribution in [3.63, 3.8) is 0 Å². The quantitative estimate of drug-likeness (QED) is 0.455. The molecular formula is C10H17ClSi2Zr. The zero-order chi connectivity index (χ0) is 7.07. The van der Waals surface area contributed by atoms with Crippen LogP contribution >= 0.6 is 12.4 Å². The molecule has 2 aliphatic carbocycles. The van der Waals surface area contributed by atoms with Crippen molar-refractivity contribution in [2.45, 2.75) is 12.8 Å². The fourth-order valence-corrected chi connectivity index (χ4v) is 0.680. The topological polar surface area (TPSA) is 0 Å². The van der Waals surface area contributed by atoms with Gasteiger partial charge >= 0.3 is 26.2 Å². The Hall–Kier alpha value is 0.567. The molecule has 0 nitrogen and oxygen atoms in total. The summed E-state index contributed by atoms with van der Waals surface area (Å²) in [5.41, 5.74) is 0. The standard InChI is InChI=1S/2C5H5.ClH.2H3Si.Zr/c2*1-2-4-5-3-1;;;;/h2*1-3H,4H2;1H;2*1H3;/q2*-1;;;;+2. The first kappa shape index (κ1) is 24.0. The molecule has 2 rings (SSSR count). The molecule has 0 N–H and O–H groups in total. The van der Waals surface area contributed by atoms with Gasteiger partial charge in [-0.3, -0.25) is 12.2 Å². The minimum atomic E-state index is 0. The maximum atomic E-state index is 2.99. The maximum Gasteiger partial charge on any atom is 2.00 e. The van der Waals surface area contributed by atoms with Gasteiger partial charge in [-0.25, -0.2) is 24.3 Å². The van der Waals surface area contributed by atoms with Crippen LogP contribution in [-0.4, -0.2) is 21.9 Å². The molecule has 0 heterocycles. The van der Waals surface area contributed by atoms with Gasteiger partial charge in [0.05, 0.1) is 0 Å². The third-order valence-corrected chi connectivity index (χ3v) is 1.17. The SMILES string of the molecule is Cl.[C-]1=CC=CC1.[C-]1=CC=CC1.[SiH3].[SiH3].[Zr+2]. The fraction of sp³-hybridized carbons (Fsp3) is 0.200. The second kappa shape index (κ2) is 19.2. The van der Waals surface area contributed by atoms with E-state index in [0.29, 0.717) is 0 Å². The molecule has 0 atom stereocenters. The molecule has 0 saturated heterocycles. The van der Waals surface area contributed by atoms with Crippen LogP contribution in [0.5, 0.6) is 0 Å². The molecule has 0 amide bonds. The van der Waals surface area contributed by atoms with Gasteiger partial charge in [0.1, 0.15) is 0 Å². The molecule has 76 valence electrons. The molecule has 0 aromatic heterocycles. The Morgan fingerprint density at radius 2 is 1.14 bits per heavy atom. The van der Waals surface area contributed by atoms with Crippen molar-refractivity contribution in [2.75, 3.05) is 0 Å². The molecule has 0 spiro atoms. The van der Waals surface area contributed by atoms with Crippen molar-refractivity contribution in [2.24, 2.45) is 0 Å². The van der Waals surface area contributed by atoms with E-state index in [1.165, 1.54) is 0 Å². The number of halogens is 1. The Morgan fingerprint density at radius 3 is 1.21 bits per heavy atom. The minimum Gasteiger partial charge on any atom is -0.273 e. The minimum absolute atomic E-state index is 0. The van der Waals surface area contributed by atoms with Crippen molar-refractivity contribution < 1.29 is 26.2 Å². The van der Waals surface area contributed by atoms with E-state index in [1.807, 2.05) is 24.3 Å². The van der Waals surface area contributed by atoms with E-state index < -0.39 is 0 Å². The number of rotatable bonds is 0. The molecule has 14 heavy (non-hydrogen) atoms. The summed E-state index contributed by atoms with van der Waals surface area (Å²) in [5, 5.41) is 0. The molecular weight excluding hydrogens is 303 g/mol. The van der Waals surface area contributed by atoms with Gasteiger partial charge in [-0.15, -0.1) is 25.2 Å². The first-order valence-electron chi connectivity index (χ1n) is 3.43. The zero-order valence-electron chi connectivity index (χ0n) is 8.79. The van der Waals surface area contributed by atoms with E-state index in [-0.39, 0.29) is 60.5 Å². The van der Waals surface area contributed by atoms with Crippen molar-refractivity contribution in [3.8, 4) is 0 Å². The van der Waals surface area contributed by atoms with Gasteiger partial charge in [-0.05, 0) is 21.9 Å². The number of hydrogen-bond donors (Lipinski definition) is 0. The Kier molecular flexibility index (Phi) is 32.9. The largest absolute Gasteiger partial charge is 2.00 e. The van der Waals surface area contributed by atoms with E-state index in [0.717, 1.165) is 12.8 Å². The molecule has 0 aromatic carbocycles. The van der Waals surface area contributed by atoms with Gasteiger partial charge in [0, 0.05) is 0 Å². The van der Waals surface area contributed by atoms with Crippen molar-refractivity contribution in [3.05, 3.63) is 48.6 Å². The Balaban J connectivity index is -0.0000000556. The van der Waals surface area contributed by atoms with Gasteiger partial charge in [0.2, 0.25) is 0 Å². The van der Waals surface area contributed by atoms with Gasteiger partial charge in [-0.2, -0.15) is 12.2 Å². The van der Waals surface area contributed by atoms with Crippen molar-refractivity contribution >= 4 is 34.3 Å². The van der Waals surface area contributed by atoms with Crippen LogP contribution < -0.4 is 0 Å². The smallest absolute Gasteiger partial charge is 0.273 e. The molecule has 0 unspecified atom stereocenters. The summed E-state index contributed by atoms with van der Waals surface area (Å²) in [6, 6.07) is 0. The molecule has 0 aromatic rings. The van der Waals surface area contributed by atoms with Crippen LogP contribution in [0.25, 0.3) is 0 Å². The summed E-state index contributed by atoms with van der Waals surface area (Å²) in [6.07, 6.45) is 20.0. The maximum absolute atomic E-state index is 2.99. The fourth-order valence-electron chi connectivity index (χ4n) is 0.680. The Bertz CT molecular complexity index is 156. The normalized spacial score (nSPS) is 12.6. The van der Waals surface area contributed by atoms with Gasteiger partial charge in [0.25, 0.3) is 0 Å². The van der Waals surface area contributed by atoms with Crippen LogP contribution in [0.3, 0.4) is 0 Å². The van der Waals surface area contributed by atoms with Gasteiger partial charge in [0.15, 0.2) is 0 Å². The van der Waals surface area contributed by atoms with E-state index in [9.17, 15) is 0 Å². The molecule has 0 fully saturated rings. The number of allylic oxidation sites excluding steroid dienone is 8. The summed E-state index contributed by atoms with van der Waals surface area (Å²) >= 11 is 0. The molecule has 2 radical (unpaired) electrons. The van der Waals surface area contributed by atoms with Crippen LogP contribution in [-0.2, 0) is 26.2 Å². The Morgan fingerprint density at radius 1 is 0.786 bits per heavy atom. The predicted molar refractivity (Wildman–Crippen MR) is 70.3 cm³/mol. The van der Waals surface area contributed by atoms with Crippen molar-refractivity contribution in [1.29, 1.82) is 0 Å². The third kappa shape index (κ3) is 15.1. The molecule has 0 saturated carbocycles. The summed E-state index contributed by atoms with van der Waals surface area (Å²) in [7, 11) is 0. The first-order valence-corrected chi connectivity index (χ1v) is 3.43. The second-order valence-electron chi connectivity index (χ2n) is 2.01. The van der Waals surface area contributed by atoms with E-state index in [4.69, 9.17) is 0 Å². The van der Waals surface area contributed by atoms with Gasteiger partial charge < -0.3 is 0 Å². The molecule has 0 bridgehead atoms. The number of hydrogen-bond acceptors (Lipinski definition) is 0. The average Bonchev–Trinajstić information content (AvgIpc) is 2.67. The Labute approximate surface area is 121 Å². The third-order valence-electron chi connectivity index (χ3n) is 1.17. The van der Waals surface area contributed by atoms with Crippen LogP contribution in [0.2, 0.25) is 0 Å². The predicted octanol–water partition coefficient (Wildman–Crippen LogP) is 0.663. The van der Waals surface area contributed by atoms with Crippen LogP contribution in [0.15, 0.2) is 36.5 Å².